The third-order valence-electron chi connectivity index (χ3n) is 2.16. The van der Waals surface area contributed by atoms with Crippen molar-refractivity contribution < 1.29 is 22.9 Å². The van der Waals surface area contributed by atoms with Crippen LogP contribution >= 0.6 is 11.6 Å². The molecule has 10 heteroatoms. The predicted octanol–water partition coefficient (Wildman–Crippen LogP) is 1.85. The summed E-state index contributed by atoms with van der Waals surface area (Å²) < 4.78 is 27.8. The lowest BCUT2D eigenvalue weighted by Gasteiger charge is -2.20. The van der Waals surface area contributed by atoms with Gasteiger partial charge >= 0.3 is 5.97 Å². The summed E-state index contributed by atoms with van der Waals surface area (Å²) in [6.45, 7) is 4.74. The fourth-order valence-corrected chi connectivity index (χ4v) is 2.53. The number of nitrogens with zero attached hydrogens (tertiary/aromatic N) is 1. The van der Waals surface area contributed by atoms with Crippen molar-refractivity contribution in [3.05, 3.63) is 32.8 Å². The Morgan fingerprint density at radius 1 is 1.38 bits per heavy atom. The van der Waals surface area contributed by atoms with Crippen LogP contribution in [0.25, 0.3) is 0 Å². The highest BCUT2D eigenvalue weighted by Gasteiger charge is 2.28. The van der Waals surface area contributed by atoms with Gasteiger partial charge in [-0.1, -0.05) is 11.6 Å². The minimum absolute atomic E-state index is 0.440. The fraction of sp³-hybridized carbons (Fsp3) is 0.364. The number of carbonyl (C=O) groups excluding carboxylic acids is 1. The second-order valence-electron chi connectivity index (χ2n) is 5.11. The van der Waals surface area contributed by atoms with Gasteiger partial charge in [-0.3, -0.25) is 10.1 Å². The molecule has 1 aromatic carbocycles. The van der Waals surface area contributed by atoms with Crippen molar-refractivity contribution >= 4 is 33.3 Å². The van der Waals surface area contributed by atoms with Crippen LogP contribution in [0, 0.1) is 10.1 Å². The molecule has 0 atom stereocenters. The molecule has 0 aliphatic carbocycles. The second-order valence-corrected chi connectivity index (χ2v) is 7.02. The summed E-state index contributed by atoms with van der Waals surface area (Å²) in [5.74, 6) is -0.985. The van der Waals surface area contributed by atoms with E-state index in [0.717, 1.165) is 6.07 Å². The number of ether oxygens (including phenoxy) is 1. The SMILES string of the molecule is CC(C)(C)OC(=O)c1cc([N+](=O)[O-])cc(S(N)(=O)=O)c1Cl. The highest BCUT2D eigenvalue weighted by atomic mass is 35.5. The highest BCUT2D eigenvalue weighted by Crippen LogP contribution is 2.31. The van der Waals surface area contributed by atoms with Crippen molar-refractivity contribution in [1.82, 2.24) is 0 Å². The number of primary sulfonamides is 1. The maximum atomic E-state index is 12.0. The van der Waals surface area contributed by atoms with Crippen molar-refractivity contribution in [3.8, 4) is 0 Å². The van der Waals surface area contributed by atoms with E-state index in [-0.39, 0.29) is 0 Å². The van der Waals surface area contributed by atoms with Crippen LogP contribution in [0.15, 0.2) is 17.0 Å². The van der Waals surface area contributed by atoms with Crippen molar-refractivity contribution in [2.24, 2.45) is 5.14 Å². The summed E-state index contributed by atoms with van der Waals surface area (Å²) in [6, 6.07) is 1.52. The Labute approximate surface area is 126 Å². The van der Waals surface area contributed by atoms with Gasteiger partial charge in [-0.15, -0.1) is 0 Å². The minimum atomic E-state index is -4.33. The molecule has 0 aliphatic rings. The molecule has 0 saturated heterocycles. The standard InChI is InChI=1S/C11H13ClN2O6S/c1-11(2,3)20-10(15)7-4-6(14(16)17)5-8(9(7)12)21(13,18)19/h4-5H,1-3H3,(H2,13,18,19). The van der Waals surface area contributed by atoms with Crippen LogP contribution in [0.4, 0.5) is 5.69 Å². The van der Waals surface area contributed by atoms with Crippen molar-refractivity contribution in [2.75, 3.05) is 0 Å². The molecule has 0 saturated carbocycles. The van der Waals surface area contributed by atoms with Gasteiger partial charge in [-0.25, -0.2) is 18.4 Å². The molecule has 8 nitrogen and oxygen atoms in total. The van der Waals surface area contributed by atoms with Gasteiger partial charge in [-0.2, -0.15) is 0 Å². The lowest BCUT2D eigenvalue weighted by atomic mass is 10.1. The summed E-state index contributed by atoms with van der Waals surface area (Å²) in [5.41, 5.74) is -1.96. The summed E-state index contributed by atoms with van der Waals surface area (Å²) in [7, 11) is -4.33. The molecule has 0 bridgehead atoms. The van der Waals surface area contributed by atoms with Gasteiger partial charge < -0.3 is 4.74 Å². The van der Waals surface area contributed by atoms with Crippen LogP contribution in [0.1, 0.15) is 31.1 Å². The lowest BCUT2D eigenvalue weighted by molar-refractivity contribution is -0.385. The zero-order chi connectivity index (χ0) is 16.6. The largest absolute Gasteiger partial charge is 0.456 e. The Hall–Kier alpha value is -1.71. The van der Waals surface area contributed by atoms with E-state index in [2.05, 4.69) is 0 Å². The molecular weight excluding hydrogens is 324 g/mol. The first kappa shape index (κ1) is 17.3. The van der Waals surface area contributed by atoms with Gasteiger partial charge in [0, 0.05) is 12.1 Å². The van der Waals surface area contributed by atoms with Crippen LogP contribution in [-0.4, -0.2) is 24.9 Å². The Morgan fingerprint density at radius 3 is 2.29 bits per heavy atom. The number of benzene rings is 1. The quantitative estimate of drug-likeness (QED) is 0.509. The van der Waals surface area contributed by atoms with Crippen LogP contribution in [0.2, 0.25) is 5.02 Å². The van der Waals surface area contributed by atoms with E-state index < -0.39 is 47.7 Å². The maximum Gasteiger partial charge on any atom is 0.340 e. The Balaban J connectivity index is 3.55. The first-order valence-corrected chi connectivity index (χ1v) is 7.49. The number of rotatable bonds is 3. The molecule has 0 heterocycles. The first-order valence-electron chi connectivity index (χ1n) is 5.57. The Kier molecular flexibility index (Phi) is 4.61. The normalized spacial score (nSPS) is 12.0. The number of esters is 1. The van der Waals surface area contributed by atoms with Crippen molar-refractivity contribution in [1.29, 1.82) is 0 Å². The third kappa shape index (κ3) is 4.38. The molecule has 0 unspecified atom stereocenters. The number of nitro groups is 1. The number of nitrogens with two attached hydrogens (primary N) is 1. The summed E-state index contributed by atoms with van der Waals surface area (Å²) >= 11 is 5.81. The number of nitro benzene ring substituents is 1. The molecule has 1 rings (SSSR count). The van der Waals surface area contributed by atoms with E-state index in [9.17, 15) is 23.3 Å². The van der Waals surface area contributed by atoms with Crippen molar-refractivity contribution in [2.45, 2.75) is 31.3 Å². The van der Waals surface area contributed by atoms with E-state index in [1.165, 1.54) is 0 Å². The predicted molar refractivity (Wildman–Crippen MR) is 74.6 cm³/mol. The van der Waals surface area contributed by atoms with Gasteiger partial charge in [-0.05, 0) is 20.8 Å². The van der Waals surface area contributed by atoms with Crippen LogP contribution in [-0.2, 0) is 14.8 Å². The van der Waals surface area contributed by atoms with Crippen LogP contribution in [0.5, 0.6) is 0 Å². The van der Waals surface area contributed by atoms with Crippen LogP contribution < -0.4 is 5.14 Å². The fourth-order valence-electron chi connectivity index (χ4n) is 1.38. The smallest absolute Gasteiger partial charge is 0.340 e. The molecule has 0 radical (unpaired) electrons. The summed E-state index contributed by atoms with van der Waals surface area (Å²) in [6.07, 6.45) is 0. The lowest BCUT2D eigenvalue weighted by Crippen LogP contribution is -2.24. The molecule has 0 aliphatic heterocycles. The molecule has 0 spiro atoms. The minimum Gasteiger partial charge on any atom is -0.456 e. The average molecular weight is 337 g/mol. The van der Waals surface area contributed by atoms with E-state index in [0.29, 0.717) is 6.07 Å². The number of hydrogen-bond donors (Lipinski definition) is 1. The van der Waals surface area contributed by atoms with Gasteiger partial charge in [0.05, 0.1) is 15.5 Å². The van der Waals surface area contributed by atoms with E-state index >= 15 is 0 Å². The number of halogens is 1. The monoisotopic (exact) mass is 336 g/mol. The molecule has 0 amide bonds. The van der Waals surface area contributed by atoms with Crippen LogP contribution in [0.3, 0.4) is 0 Å². The van der Waals surface area contributed by atoms with E-state index in [1.54, 1.807) is 20.8 Å². The first-order chi connectivity index (χ1) is 9.33. The summed E-state index contributed by atoms with van der Waals surface area (Å²) in [5, 5.41) is 15.2. The molecule has 1 aromatic rings. The third-order valence-corrected chi connectivity index (χ3v) is 3.61. The van der Waals surface area contributed by atoms with Gasteiger partial charge in [0.15, 0.2) is 0 Å². The molecule has 0 aromatic heterocycles. The van der Waals surface area contributed by atoms with Crippen molar-refractivity contribution in [3.63, 3.8) is 0 Å². The zero-order valence-electron chi connectivity index (χ0n) is 11.4. The molecule has 21 heavy (non-hydrogen) atoms. The topological polar surface area (TPSA) is 130 Å². The van der Waals surface area contributed by atoms with E-state index in [1.807, 2.05) is 0 Å². The average Bonchev–Trinajstić information content (AvgIpc) is 2.24. The second kappa shape index (κ2) is 5.58. The summed E-state index contributed by atoms with van der Waals surface area (Å²) in [4.78, 5) is 21.2. The molecule has 0 fully saturated rings. The Morgan fingerprint density at radius 2 is 1.90 bits per heavy atom. The Bertz CT molecular complexity index is 708. The number of non-ortho nitro benzene ring substituents is 1. The number of carbonyl (C=O) groups is 1. The van der Waals surface area contributed by atoms with Gasteiger partial charge in [0.1, 0.15) is 10.5 Å². The van der Waals surface area contributed by atoms with Gasteiger partial charge in [0.25, 0.3) is 5.69 Å². The zero-order valence-corrected chi connectivity index (χ0v) is 13.0. The molecular formula is C11H13ClN2O6S. The highest BCUT2D eigenvalue weighted by molar-refractivity contribution is 7.89. The molecule has 2 N–H and O–H groups in total. The number of sulfonamides is 1. The molecule has 116 valence electrons. The number of hydrogen-bond acceptors (Lipinski definition) is 6. The van der Waals surface area contributed by atoms with E-state index in [4.69, 9.17) is 21.5 Å². The van der Waals surface area contributed by atoms with Gasteiger partial charge in [0.2, 0.25) is 10.0 Å². The maximum absolute atomic E-state index is 12.0.